The second kappa shape index (κ2) is 4.22. The lowest BCUT2D eigenvalue weighted by atomic mass is 10.1. The van der Waals surface area contributed by atoms with Gasteiger partial charge in [0.15, 0.2) is 0 Å². The summed E-state index contributed by atoms with van der Waals surface area (Å²) in [6.07, 6.45) is 6.57. The number of nitrogens with zero attached hydrogens (tertiary/aromatic N) is 1. The highest BCUT2D eigenvalue weighted by Crippen LogP contribution is 2.24. The maximum atomic E-state index is 6.03. The quantitative estimate of drug-likeness (QED) is 0.727. The van der Waals surface area contributed by atoms with Gasteiger partial charge in [-0.05, 0) is 47.9 Å². The van der Waals surface area contributed by atoms with Crippen molar-refractivity contribution in [3.05, 3.63) is 65.1 Å². The zero-order chi connectivity index (χ0) is 11.7. The number of hydrogen-bond donors (Lipinski definition) is 1. The normalized spacial score (nSPS) is 10.9. The third-order valence-corrected chi connectivity index (χ3v) is 3.11. The molecule has 0 amide bonds. The average Bonchev–Trinajstić information content (AvgIpc) is 2.73. The Kier molecular flexibility index (Phi) is 2.57. The van der Waals surface area contributed by atoms with Crippen LogP contribution in [-0.4, -0.2) is 9.97 Å². The van der Waals surface area contributed by atoms with Gasteiger partial charge in [0.2, 0.25) is 0 Å². The molecule has 2 heterocycles. The summed E-state index contributed by atoms with van der Waals surface area (Å²) in [5.74, 6) is 0. The van der Waals surface area contributed by atoms with Crippen LogP contribution < -0.4 is 0 Å². The van der Waals surface area contributed by atoms with E-state index in [2.05, 4.69) is 9.97 Å². The minimum atomic E-state index is 0.771. The lowest BCUT2D eigenvalue weighted by Gasteiger charge is -2.00. The first-order chi connectivity index (χ1) is 8.33. The van der Waals surface area contributed by atoms with E-state index in [9.17, 15) is 0 Å². The van der Waals surface area contributed by atoms with Gasteiger partial charge in [0.1, 0.15) is 0 Å². The zero-order valence-corrected chi connectivity index (χ0v) is 9.91. The number of nitrogens with one attached hydrogen (secondary N) is 1. The number of rotatable bonds is 2. The molecule has 3 rings (SSSR count). The van der Waals surface area contributed by atoms with Crippen LogP contribution in [0.4, 0.5) is 0 Å². The first-order valence-corrected chi connectivity index (χ1v) is 5.85. The van der Waals surface area contributed by atoms with Crippen molar-refractivity contribution in [3.8, 4) is 0 Å². The van der Waals surface area contributed by atoms with Crippen molar-refractivity contribution < 1.29 is 0 Å². The smallest absolute Gasteiger partial charge is 0.0457 e. The molecule has 0 aliphatic heterocycles. The van der Waals surface area contributed by atoms with Crippen LogP contribution in [0.2, 0.25) is 5.02 Å². The van der Waals surface area contributed by atoms with E-state index >= 15 is 0 Å². The summed E-state index contributed by atoms with van der Waals surface area (Å²) in [4.78, 5) is 7.28. The van der Waals surface area contributed by atoms with Crippen LogP contribution in [0.25, 0.3) is 10.9 Å². The number of hydrogen-bond acceptors (Lipinski definition) is 1. The van der Waals surface area contributed by atoms with Gasteiger partial charge in [0.25, 0.3) is 0 Å². The fourth-order valence-electron chi connectivity index (χ4n) is 2.02. The first-order valence-electron chi connectivity index (χ1n) is 5.47. The molecular weight excluding hydrogens is 232 g/mol. The van der Waals surface area contributed by atoms with Gasteiger partial charge in [-0.3, -0.25) is 4.98 Å². The van der Waals surface area contributed by atoms with E-state index in [1.165, 1.54) is 16.5 Å². The van der Waals surface area contributed by atoms with Gasteiger partial charge in [0, 0.05) is 34.5 Å². The fraction of sp³-hybridized carbons (Fsp3) is 0.0714. The summed E-state index contributed by atoms with van der Waals surface area (Å²) in [5.41, 5.74) is 3.63. The molecule has 0 radical (unpaired) electrons. The molecule has 2 nitrogen and oxygen atoms in total. The van der Waals surface area contributed by atoms with E-state index < -0.39 is 0 Å². The van der Waals surface area contributed by atoms with E-state index in [1.54, 1.807) is 0 Å². The predicted molar refractivity (Wildman–Crippen MR) is 70.4 cm³/mol. The monoisotopic (exact) mass is 242 g/mol. The Morgan fingerprint density at radius 1 is 1.12 bits per heavy atom. The van der Waals surface area contributed by atoms with Crippen molar-refractivity contribution in [1.82, 2.24) is 9.97 Å². The number of pyridine rings is 1. The maximum Gasteiger partial charge on any atom is 0.0457 e. The molecule has 3 aromatic rings. The fourth-order valence-corrected chi connectivity index (χ4v) is 2.19. The standard InChI is InChI=1S/C14H11ClN2/c15-12-1-2-14-13(8-12)11(9-17-14)7-10-3-5-16-6-4-10/h1-6,8-9,17H,7H2. The molecule has 0 aliphatic rings. The summed E-state index contributed by atoms with van der Waals surface area (Å²) >= 11 is 6.03. The van der Waals surface area contributed by atoms with Gasteiger partial charge in [-0.2, -0.15) is 0 Å². The Balaban J connectivity index is 2.03. The van der Waals surface area contributed by atoms with E-state index in [-0.39, 0.29) is 0 Å². The molecule has 84 valence electrons. The summed E-state index contributed by atoms with van der Waals surface area (Å²) in [6.45, 7) is 0. The number of aromatic nitrogens is 2. The van der Waals surface area contributed by atoms with E-state index in [4.69, 9.17) is 11.6 Å². The lowest BCUT2D eigenvalue weighted by molar-refractivity contribution is 1.17. The second-order valence-electron chi connectivity index (χ2n) is 4.04. The van der Waals surface area contributed by atoms with Crippen LogP contribution in [0, 0.1) is 0 Å². The van der Waals surface area contributed by atoms with Gasteiger partial charge >= 0.3 is 0 Å². The number of benzene rings is 1. The molecule has 0 bridgehead atoms. The Morgan fingerprint density at radius 3 is 2.76 bits per heavy atom. The molecule has 0 saturated heterocycles. The highest BCUT2D eigenvalue weighted by molar-refractivity contribution is 6.31. The Bertz CT molecular complexity index is 644. The van der Waals surface area contributed by atoms with Crippen LogP contribution in [-0.2, 0) is 6.42 Å². The van der Waals surface area contributed by atoms with Crippen LogP contribution in [0.5, 0.6) is 0 Å². The van der Waals surface area contributed by atoms with Gasteiger partial charge < -0.3 is 4.98 Å². The number of fused-ring (bicyclic) bond motifs is 1. The predicted octanol–water partition coefficient (Wildman–Crippen LogP) is 3.81. The second-order valence-corrected chi connectivity index (χ2v) is 4.47. The summed E-state index contributed by atoms with van der Waals surface area (Å²) in [7, 11) is 0. The molecule has 2 aromatic heterocycles. The van der Waals surface area contributed by atoms with Crippen LogP contribution >= 0.6 is 11.6 Å². The number of halogens is 1. The van der Waals surface area contributed by atoms with Gasteiger partial charge in [0.05, 0.1) is 0 Å². The van der Waals surface area contributed by atoms with Gasteiger partial charge in [-0.25, -0.2) is 0 Å². The summed E-state index contributed by atoms with van der Waals surface area (Å²) in [5, 5.41) is 1.96. The Labute approximate surface area is 104 Å². The van der Waals surface area contributed by atoms with Crippen molar-refractivity contribution in [2.24, 2.45) is 0 Å². The van der Waals surface area contributed by atoms with Crippen molar-refractivity contribution in [2.75, 3.05) is 0 Å². The van der Waals surface area contributed by atoms with Crippen molar-refractivity contribution in [2.45, 2.75) is 6.42 Å². The molecule has 0 aliphatic carbocycles. The number of aromatic amines is 1. The highest BCUT2D eigenvalue weighted by Gasteiger charge is 2.04. The Hall–Kier alpha value is -1.80. The third-order valence-electron chi connectivity index (χ3n) is 2.87. The third kappa shape index (κ3) is 2.04. The van der Waals surface area contributed by atoms with Crippen molar-refractivity contribution in [1.29, 1.82) is 0 Å². The van der Waals surface area contributed by atoms with E-state index in [0.717, 1.165) is 17.0 Å². The summed E-state index contributed by atoms with van der Waals surface area (Å²) < 4.78 is 0. The molecule has 0 spiro atoms. The molecule has 1 aromatic carbocycles. The van der Waals surface area contributed by atoms with Crippen molar-refractivity contribution >= 4 is 22.5 Å². The molecule has 0 saturated carbocycles. The highest BCUT2D eigenvalue weighted by atomic mass is 35.5. The molecule has 17 heavy (non-hydrogen) atoms. The minimum Gasteiger partial charge on any atom is -0.361 e. The van der Waals surface area contributed by atoms with E-state index in [1.807, 2.05) is 48.9 Å². The molecule has 3 heteroatoms. The molecule has 0 unspecified atom stereocenters. The summed E-state index contributed by atoms with van der Waals surface area (Å²) in [6, 6.07) is 9.97. The topological polar surface area (TPSA) is 28.7 Å². The molecule has 0 fully saturated rings. The van der Waals surface area contributed by atoms with Gasteiger partial charge in [-0.15, -0.1) is 0 Å². The number of H-pyrrole nitrogens is 1. The first kappa shape index (κ1) is 10.4. The average molecular weight is 243 g/mol. The van der Waals surface area contributed by atoms with Crippen LogP contribution in [0.1, 0.15) is 11.1 Å². The van der Waals surface area contributed by atoms with E-state index in [0.29, 0.717) is 0 Å². The van der Waals surface area contributed by atoms with Crippen LogP contribution in [0.3, 0.4) is 0 Å². The van der Waals surface area contributed by atoms with Gasteiger partial charge in [-0.1, -0.05) is 11.6 Å². The molecule has 0 atom stereocenters. The lowest BCUT2D eigenvalue weighted by Crippen LogP contribution is -1.86. The van der Waals surface area contributed by atoms with Crippen molar-refractivity contribution in [3.63, 3.8) is 0 Å². The SMILES string of the molecule is Clc1ccc2[nH]cc(Cc3ccncc3)c2c1. The Morgan fingerprint density at radius 2 is 1.94 bits per heavy atom. The largest absolute Gasteiger partial charge is 0.361 e. The maximum absolute atomic E-state index is 6.03. The molecule has 1 N–H and O–H groups in total. The minimum absolute atomic E-state index is 0.771. The zero-order valence-electron chi connectivity index (χ0n) is 9.15. The molecular formula is C14H11ClN2. The van der Waals surface area contributed by atoms with Crippen LogP contribution in [0.15, 0.2) is 48.9 Å².